The molecule has 0 aromatic heterocycles. The van der Waals surface area contributed by atoms with Crippen LogP contribution in [0.3, 0.4) is 0 Å². The van der Waals surface area contributed by atoms with E-state index in [0.29, 0.717) is 13.0 Å². The van der Waals surface area contributed by atoms with Gasteiger partial charge in [-0.2, -0.15) is 0 Å². The van der Waals surface area contributed by atoms with Gasteiger partial charge in [0.25, 0.3) is 5.91 Å². The van der Waals surface area contributed by atoms with E-state index >= 15 is 0 Å². The lowest BCUT2D eigenvalue weighted by Gasteiger charge is -2.44. The Bertz CT molecular complexity index is 1040. The van der Waals surface area contributed by atoms with E-state index in [1.807, 2.05) is 72.8 Å². The third-order valence-electron chi connectivity index (χ3n) is 6.08. The van der Waals surface area contributed by atoms with Crippen LogP contribution in [0.15, 0.2) is 77.8 Å². The topological polar surface area (TPSA) is 93.9 Å². The molecule has 1 heterocycles. The third kappa shape index (κ3) is 2.88. The lowest BCUT2D eigenvalue weighted by Crippen LogP contribution is -2.57. The summed E-state index contributed by atoms with van der Waals surface area (Å²) in [5.41, 5.74) is 13.4. The number of nitrogens with two attached hydrogens (primary N) is 2. The van der Waals surface area contributed by atoms with Crippen LogP contribution >= 0.6 is 0 Å². The smallest absolute Gasteiger partial charge is 0.265 e. The minimum absolute atomic E-state index is 0.170. The predicted molar refractivity (Wildman–Crippen MR) is 118 cm³/mol. The Balaban J connectivity index is 1.89. The molecular weight excluding hydrogens is 376 g/mol. The van der Waals surface area contributed by atoms with Crippen LogP contribution in [0.5, 0.6) is 0 Å². The molecule has 0 radical (unpaired) electrons. The lowest BCUT2D eigenvalue weighted by molar-refractivity contribution is -0.140. The molecule has 1 aliphatic carbocycles. The Hall–Kier alpha value is -3.22. The minimum Gasteiger partial charge on any atom is -0.370 e. The highest BCUT2D eigenvalue weighted by atomic mass is 16.5. The molecule has 0 saturated carbocycles. The van der Waals surface area contributed by atoms with Crippen LogP contribution in [0.1, 0.15) is 23.1 Å². The molecule has 2 unspecified atom stereocenters. The number of aliphatic imine (C=N–C) groups is 1. The van der Waals surface area contributed by atoms with Gasteiger partial charge >= 0.3 is 0 Å². The van der Waals surface area contributed by atoms with Gasteiger partial charge in [0.05, 0.1) is 0 Å². The van der Waals surface area contributed by atoms with Crippen LogP contribution < -0.4 is 11.5 Å². The number of likely N-dealkylation sites (N-methyl/N-ethyl adjacent to an activating group) is 1. The zero-order chi connectivity index (χ0) is 21.4. The molecular formula is C24H26N4O2. The fourth-order valence-electron chi connectivity index (χ4n) is 4.34. The maximum absolute atomic E-state index is 13.7. The van der Waals surface area contributed by atoms with E-state index in [0.717, 1.165) is 22.3 Å². The van der Waals surface area contributed by atoms with Crippen LogP contribution in [0.25, 0.3) is 5.57 Å². The summed E-state index contributed by atoms with van der Waals surface area (Å²) in [7, 11) is 3.26. The first-order chi connectivity index (χ1) is 14.5. The molecule has 0 bridgehead atoms. The molecule has 1 amide bonds. The van der Waals surface area contributed by atoms with Crippen molar-refractivity contribution in [1.29, 1.82) is 0 Å². The number of hydrogen-bond acceptors (Lipinski definition) is 5. The van der Waals surface area contributed by atoms with Gasteiger partial charge < -0.3 is 16.2 Å². The SMILES string of the molecule is COC1(C2(c3ccc(CN)cc3)N=C(N)N(C)C2=O)C=CC=C(c2ccccc2)C1. The quantitative estimate of drug-likeness (QED) is 0.804. The average Bonchev–Trinajstić information content (AvgIpc) is 3.04. The van der Waals surface area contributed by atoms with Crippen molar-refractivity contribution in [1.82, 2.24) is 4.90 Å². The number of nitrogens with zero attached hydrogens (tertiary/aromatic N) is 2. The standard InChI is InChI=1S/C24H26N4O2/c1-28-21(29)24(27-22(28)26,20-12-10-17(16-25)11-13-20)23(30-2)14-6-9-19(15-23)18-7-4-3-5-8-18/h3-14H,15-16,25H2,1-2H3,(H2,26,27). The molecule has 6 heteroatoms. The van der Waals surface area contributed by atoms with Crippen LogP contribution in [0.2, 0.25) is 0 Å². The van der Waals surface area contributed by atoms with Crippen LogP contribution in [0, 0.1) is 0 Å². The molecule has 2 aromatic carbocycles. The maximum atomic E-state index is 13.7. The van der Waals surface area contributed by atoms with E-state index in [4.69, 9.17) is 21.2 Å². The van der Waals surface area contributed by atoms with E-state index < -0.39 is 11.1 Å². The molecule has 6 nitrogen and oxygen atoms in total. The molecule has 154 valence electrons. The van der Waals surface area contributed by atoms with Crippen molar-refractivity contribution < 1.29 is 9.53 Å². The molecule has 0 fully saturated rings. The molecule has 0 spiro atoms. The highest BCUT2D eigenvalue weighted by molar-refractivity contribution is 6.08. The minimum atomic E-state index is -1.33. The first kappa shape index (κ1) is 20.1. The zero-order valence-electron chi connectivity index (χ0n) is 17.2. The summed E-state index contributed by atoms with van der Waals surface area (Å²) in [6.45, 7) is 0.419. The monoisotopic (exact) mass is 402 g/mol. The van der Waals surface area contributed by atoms with Gasteiger partial charge in [0.2, 0.25) is 5.54 Å². The lowest BCUT2D eigenvalue weighted by atomic mass is 9.68. The number of benzene rings is 2. The predicted octanol–water partition coefficient (Wildman–Crippen LogP) is 2.56. The number of guanidine groups is 1. The molecule has 2 atom stereocenters. The second-order valence-corrected chi connectivity index (χ2v) is 7.63. The largest absolute Gasteiger partial charge is 0.370 e. The first-order valence-electron chi connectivity index (χ1n) is 9.89. The summed E-state index contributed by atoms with van der Waals surface area (Å²) < 4.78 is 6.13. The van der Waals surface area contributed by atoms with E-state index in [1.54, 1.807) is 14.2 Å². The molecule has 2 aromatic rings. The molecule has 1 aliphatic heterocycles. The van der Waals surface area contributed by atoms with Crippen molar-refractivity contribution in [3.63, 3.8) is 0 Å². The van der Waals surface area contributed by atoms with Gasteiger partial charge in [-0.3, -0.25) is 9.69 Å². The second-order valence-electron chi connectivity index (χ2n) is 7.63. The van der Waals surface area contributed by atoms with Crippen molar-refractivity contribution in [3.05, 3.63) is 89.5 Å². The van der Waals surface area contributed by atoms with Gasteiger partial charge in [-0.25, -0.2) is 4.99 Å². The Morgan fingerprint density at radius 3 is 2.40 bits per heavy atom. The first-order valence-corrected chi connectivity index (χ1v) is 9.89. The Kier molecular flexibility index (Phi) is 5.05. The van der Waals surface area contributed by atoms with Crippen LogP contribution in [-0.4, -0.2) is 36.5 Å². The number of carbonyl (C=O) groups excluding carboxylic acids is 1. The summed E-state index contributed by atoms with van der Waals surface area (Å²) in [4.78, 5) is 19.8. The molecule has 0 saturated heterocycles. The van der Waals surface area contributed by atoms with Gasteiger partial charge in [-0.1, -0.05) is 66.7 Å². The fourth-order valence-corrected chi connectivity index (χ4v) is 4.34. The number of rotatable bonds is 5. The summed E-state index contributed by atoms with van der Waals surface area (Å²) >= 11 is 0. The normalized spacial score (nSPS) is 26.0. The molecule has 4 N–H and O–H groups in total. The number of carbonyl (C=O) groups is 1. The highest BCUT2D eigenvalue weighted by Gasteiger charge is 2.62. The highest BCUT2D eigenvalue weighted by Crippen LogP contribution is 2.50. The summed E-state index contributed by atoms with van der Waals surface area (Å²) in [5, 5.41) is 0. The van der Waals surface area contributed by atoms with E-state index in [2.05, 4.69) is 0 Å². The average molecular weight is 402 g/mol. The Labute approximate surface area is 176 Å². The third-order valence-corrected chi connectivity index (χ3v) is 6.08. The van der Waals surface area contributed by atoms with Crippen LogP contribution in [-0.2, 0) is 21.6 Å². The number of hydrogen-bond donors (Lipinski definition) is 2. The van der Waals surface area contributed by atoms with Gasteiger partial charge in [-0.15, -0.1) is 0 Å². The summed E-state index contributed by atoms with van der Waals surface area (Å²) in [6.07, 6.45) is 6.37. The summed E-state index contributed by atoms with van der Waals surface area (Å²) in [6, 6.07) is 17.7. The van der Waals surface area contributed by atoms with E-state index in [9.17, 15) is 4.79 Å². The van der Waals surface area contributed by atoms with E-state index in [1.165, 1.54) is 4.90 Å². The second kappa shape index (κ2) is 7.55. The number of allylic oxidation sites excluding steroid dienone is 2. The maximum Gasteiger partial charge on any atom is 0.265 e. The van der Waals surface area contributed by atoms with Crippen molar-refractivity contribution in [2.24, 2.45) is 16.5 Å². The van der Waals surface area contributed by atoms with Crippen molar-refractivity contribution in [2.75, 3.05) is 14.2 Å². The van der Waals surface area contributed by atoms with Gasteiger partial charge in [-0.05, 0) is 28.3 Å². The van der Waals surface area contributed by atoms with Crippen molar-refractivity contribution in [2.45, 2.75) is 24.1 Å². The fraction of sp³-hybridized carbons (Fsp3) is 0.250. The van der Waals surface area contributed by atoms with Gasteiger partial charge in [0.15, 0.2) is 5.96 Å². The van der Waals surface area contributed by atoms with Crippen molar-refractivity contribution >= 4 is 17.4 Å². The Morgan fingerprint density at radius 1 is 1.13 bits per heavy atom. The zero-order valence-corrected chi connectivity index (χ0v) is 17.2. The molecule has 4 rings (SSSR count). The Morgan fingerprint density at radius 2 is 1.83 bits per heavy atom. The molecule has 30 heavy (non-hydrogen) atoms. The van der Waals surface area contributed by atoms with E-state index in [-0.39, 0.29) is 11.9 Å². The number of methoxy groups -OCH3 is 1. The van der Waals surface area contributed by atoms with Gasteiger partial charge in [0.1, 0.15) is 5.60 Å². The summed E-state index contributed by atoms with van der Waals surface area (Å²) in [5.74, 6) is -0.0511. The van der Waals surface area contributed by atoms with Crippen molar-refractivity contribution in [3.8, 4) is 0 Å². The van der Waals surface area contributed by atoms with Crippen LogP contribution in [0.4, 0.5) is 0 Å². The number of amides is 1. The molecule has 2 aliphatic rings. The van der Waals surface area contributed by atoms with Gasteiger partial charge in [0, 0.05) is 27.1 Å². The number of ether oxygens (including phenoxy) is 1.